The van der Waals surface area contributed by atoms with Gasteiger partial charge in [0, 0.05) is 23.7 Å². The fourth-order valence-corrected chi connectivity index (χ4v) is 5.66. The number of fused-ring (bicyclic) bond motifs is 1. The average molecular weight is 437 g/mol. The summed E-state index contributed by atoms with van der Waals surface area (Å²) in [7, 11) is -2.07. The summed E-state index contributed by atoms with van der Waals surface area (Å²) in [5.74, 6) is 0.498. The number of methoxy groups -OCH3 is 1. The summed E-state index contributed by atoms with van der Waals surface area (Å²) in [5.41, 5.74) is 2.85. The Labute approximate surface area is 182 Å². The van der Waals surface area contributed by atoms with Crippen molar-refractivity contribution in [3.05, 3.63) is 89.5 Å². The molecule has 4 rings (SSSR count). The van der Waals surface area contributed by atoms with E-state index in [2.05, 4.69) is 5.32 Å². The van der Waals surface area contributed by atoms with Gasteiger partial charge in [-0.3, -0.25) is 9.10 Å². The molecule has 1 atom stereocenters. The number of anilines is 1. The first-order valence-corrected chi connectivity index (χ1v) is 11.5. The van der Waals surface area contributed by atoms with Gasteiger partial charge in [-0.15, -0.1) is 0 Å². The normalized spacial score (nSPS) is 15.4. The molecule has 0 aromatic heterocycles. The molecule has 6 nitrogen and oxygen atoms in total. The molecule has 1 aliphatic heterocycles. The van der Waals surface area contributed by atoms with E-state index >= 15 is 0 Å². The highest BCUT2D eigenvalue weighted by Gasteiger charge is 2.36. The van der Waals surface area contributed by atoms with E-state index in [0.717, 1.165) is 11.1 Å². The summed E-state index contributed by atoms with van der Waals surface area (Å²) in [4.78, 5) is 13.0. The van der Waals surface area contributed by atoms with Gasteiger partial charge in [-0.1, -0.05) is 36.4 Å². The molecule has 1 N–H and O–H groups in total. The third-order valence-corrected chi connectivity index (χ3v) is 7.37. The van der Waals surface area contributed by atoms with Gasteiger partial charge in [0.15, 0.2) is 0 Å². The number of rotatable bonds is 6. The number of nitrogens with one attached hydrogen (secondary N) is 1. The highest BCUT2D eigenvalue weighted by molar-refractivity contribution is 7.92. The molecular weight excluding hydrogens is 412 g/mol. The quantitative estimate of drug-likeness (QED) is 0.638. The lowest BCUT2D eigenvalue weighted by Gasteiger charge is -2.24. The van der Waals surface area contributed by atoms with Crippen LogP contribution in [0.5, 0.6) is 5.75 Å². The molecular formula is C24H24N2O4S. The van der Waals surface area contributed by atoms with Crippen LogP contribution in [0.2, 0.25) is 0 Å². The SMILES string of the molecule is COc1ccccc1CNC(=O)c1ccc2c(c1)C[C@@H](C)N2S(=O)(=O)c1ccccc1. The van der Waals surface area contributed by atoms with E-state index in [9.17, 15) is 13.2 Å². The molecule has 3 aromatic rings. The number of ether oxygens (including phenoxy) is 1. The number of carbonyl (C=O) groups is 1. The molecule has 7 heteroatoms. The fraction of sp³-hybridized carbons (Fsp3) is 0.208. The Hall–Kier alpha value is -3.32. The second-order valence-electron chi connectivity index (χ2n) is 7.51. The van der Waals surface area contributed by atoms with Crippen molar-refractivity contribution in [2.45, 2.75) is 30.8 Å². The summed E-state index contributed by atoms with van der Waals surface area (Å²) in [6, 6.07) is 20.9. The molecule has 0 saturated carbocycles. The number of hydrogen-bond donors (Lipinski definition) is 1. The summed E-state index contributed by atoms with van der Waals surface area (Å²) in [6.07, 6.45) is 0.551. The van der Waals surface area contributed by atoms with Crippen LogP contribution < -0.4 is 14.4 Å². The van der Waals surface area contributed by atoms with Crippen LogP contribution in [0, 0.1) is 0 Å². The molecule has 0 aliphatic carbocycles. The van der Waals surface area contributed by atoms with E-state index in [-0.39, 0.29) is 16.8 Å². The standard InChI is InChI=1S/C24H24N2O4S/c1-17-14-20-15-18(24(27)25-16-19-8-6-7-11-23(19)30-2)12-13-22(20)26(17)31(28,29)21-9-4-3-5-10-21/h3-13,15,17H,14,16H2,1-2H3,(H,25,27)/t17-/m1/s1. The summed E-state index contributed by atoms with van der Waals surface area (Å²) in [6.45, 7) is 2.22. The Kier molecular flexibility index (Phi) is 5.69. The second-order valence-corrected chi connectivity index (χ2v) is 9.32. The van der Waals surface area contributed by atoms with E-state index in [4.69, 9.17) is 4.74 Å². The minimum atomic E-state index is -3.67. The van der Waals surface area contributed by atoms with Gasteiger partial charge < -0.3 is 10.1 Å². The van der Waals surface area contributed by atoms with E-state index in [0.29, 0.717) is 30.0 Å². The predicted molar refractivity (Wildman–Crippen MR) is 120 cm³/mol. The van der Waals surface area contributed by atoms with Crippen molar-refractivity contribution in [3.63, 3.8) is 0 Å². The number of amides is 1. The lowest BCUT2D eigenvalue weighted by Crippen LogP contribution is -2.35. The first-order chi connectivity index (χ1) is 14.9. The van der Waals surface area contributed by atoms with Crippen molar-refractivity contribution in [3.8, 4) is 5.75 Å². The third kappa shape index (κ3) is 4.01. The number of carbonyl (C=O) groups excluding carboxylic acids is 1. The molecule has 0 fully saturated rings. The first kappa shape index (κ1) is 20.9. The van der Waals surface area contributed by atoms with E-state index < -0.39 is 10.0 Å². The number of hydrogen-bond acceptors (Lipinski definition) is 4. The minimum Gasteiger partial charge on any atom is -0.496 e. The van der Waals surface area contributed by atoms with Gasteiger partial charge in [-0.05, 0) is 55.3 Å². The molecule has 0 unspecified atom stereocenters. The van der Waals surface area contributed by atoms with Crippen molar-refractivity contribution in [1.29, 1.82) is 0 Å². The maximum absolute atomic E-state index is 13.2. The van der Waals surface area contributed by atoms with Gasteiger partial charge in [-0.25, -0.2) is 8.42 Å². The Morgan fingerprint density at radius 2 is 1.77 bits per heavy atom. The van der Waals surface area contributed by atoms with Crippen LogP contribution in [0.3, 0.4) is 0 Å². The number of nitrogens with zero attached hydrogens (tertiary/aromatic N) is 1. The van der Waals surface area contributed by atoms with Crippen molar-refractivity contribution in [2.24, 2.45) is 0 Å². The predicted octanol–water partition coefficient (Wildman–Crippen LogP) is 3.77. The molecule has 0 radical (unpaired) electrons. The van der Waals surface area contributed by atoms with Crippen LogP contribution in [-0.2, 0) is 23.0 Å². The number of sulfonamides is 1. The van der Waals surface area contributed by atoms with Crippen molar-refractivity contribution in [1.82, 2.24) is 5.32 Å². The van der Waals surface area contributed by atoms with Crippen LogP contribution in [0.4, 0.5) is 5.69 Å². The molecule has 1 heterocycles. The molecule has 3 aromatic carbocycles. The lowest BCUT2D eigenvalue weighted by molar-refractivity contribution is 0.0950. The van der Waals surface area contributed by atoms with Gasteiger partial charge in [0.1, 0.15) is 5.75 Å². The Balaban J connectivity index is 1.56. The maximum atomic E-state index is 13.2. The lowest BCUT2D eigenvalue weighted by atomic mass is 10.1. The van der Waals surface area contributed by atoms with E-state index in [1.165, 1.54) is 4.31 Å². The van der Waals surface area contributed by atoms with Crippen molar-refractivity contribution >= 4 is 21.6 Å². The molecule has 160 valence electrons. The van der Waals surface area contributed by atoms with E-state index in [1.54, 1.807) is 55.6 Å². The first-order valence-electron chi connectivity index (χ1n) is 10.0. The Morgan fingerprint density at radius 1 is 1.06 bits per heavy atom. The Morgan fingerprint density at radius 3 is 2.52 bits per heavy atom. The summed E-state index contributed by atoms with van der Waals surface area (Å²) >= 11 is 0. The largest absolute Gasteiger partial charge is 0.496 e. The fourth-order valence-electron chi connectivity index (χ4n) is 3.94. The highest BCUT2D eigenvalue weighted by atomic mass is 32.2. The van der Waals surface area contributed by atoms with Gasteiger partial charge >= 0.3 is 0 Å². The summed E-state index contributed by atoms with van der Waals surface area (Å²) in [5, 5.41) is 2.91. The smallest absolute Gasteiger partial charge is 0.264 e. The van der Waals surface area contributed by atoms with Crippen LogP contribution in [0.15, 0.2) is 77.7 Å². The topological polar surface area (TPSA) is 75.7 Å². The highest BCUT2D eigenvalue weighted by Crippen LogP contribution is 2.37. The third-order valence-electron chi connectivity index (χ3n) is 5.43. The molecule has 0 bridgehead atoms. The van der Waals surface area contributed by atoms with Crippen molar-refractivity contribution < 1.29 is 17.9 Å². The van der Waals surface area contributed by atoms with Crippen LogP contribution in [0.1, 0.15) is 28.4 Å². The van der Waals surface area contributed by atoms with Crippen molar-refractivity contribution in [2.75, 3.05) is 11.4 Å². The molecule has 0 spiro atoms. The maximum Gasteiger partial charge on any atom is 0.264 e. The van der Waals surface area contributed by atoms with Gasteiger partial charge in [-0.2, -0.15) is 0 Å². The second kappa shape index (κ2) is 8.43. The summed E-state index contributed by atoms with van der Waals surface area (Å²) < 4.78 is 33.1. The van der Waals surface area contributed by atoms with Crippen LogP contribution in [-0.4, -0.2) is 27.5 Å². The van der Waals surface area contributed by atoms with Gasteiger partial charge in [0.2, 0.25) is 0 Å². The zero-order valence-electron chi connectivity index (χ0n) is 17.4. The van der Waals surface area contributed by atoms with E-state index in [1.807, 2.05) is 31.2 Å². The molecule has 1 aliphatic rings. The monoisotopic (exact) mass is 436 g/mol. The van der Waals surface area contributed by atoms with Gasteiger partial charge in [0.25, 0.3) is 15.9 Å². The average Bonchev–Trinajstić information content (AvgIpc) is 3.13. The Bertz CT molecular complexity index is 1210. The van der Waals surface area contributed by atoms with Crippen LogP contribution in [0.25, 0.3) is 0 Å². The molecule has 0 saturated heterocycles. The van der Waals surface area contributed by atoms with Crippen LogP contribution >= 0.6 is 0 Å². The number of para-hydroxylation sites is 1. The number of benzene rings is 3. The minimum absolute atomic E-state index is 0.217. The molecule has 1 amide bonds. The zero-order valence-corrected chi connectivity index (χ0v) is 18.2. The molecule has 31 heavy (non-hydrogen) atoms. The van der Waals surface area contributed by atoms with Gasteiger partial charge in [0.05, 0.1) is 17.7 Å². The zero-order chi connectivity index (χ0) is 22.0.